The van der Waals surface area contributed by atoms with Gasteiger partial charge in [0.25, 0.3) is 0 Å². The third-order valence-electron chi connectivity index (χ3n) is 3.73. The van der Waals surface area contributed by atoms with Crippen LogP contribution in [-0.2, 0) is 5.41 Å². The molecule has 3 N–H and O–H groups in total. The molecule has 0 spiro atoms. The van der Waals surface area contributed by atoms with E-state index in [1.807, 2.05) is 12.1 Å². The molecule has 116 valence electrons. The van der Waals surface area contributed by atoms with E-state index >= 15 is 0 Å². The van der Waals surface area contributed by atoms with Crippen molar-refractivity contribution in [2.24, 2.45) is 11.1 Å². The Hall–Kier alpha value is -0.730. The highest BCUT2D eigenvalue weighted by Crippen LogP contribution is 2.40. The number of hydrogen-bond acceptors (Lipinski definition) is 2. The van der Waals surface area contributed by atoms with E-state index in [0.717, 1.165) is 12.0 Å². The van der Waals surface area contributed by atoms with Gasteiger partial charge in [-0.1, -0.05) is 53.7 Å². The van der Waals surface area contributed by atoms with Gasteiger partial charge in [-0.25, -0.2) is 0 Å². The van der Waals surface area contributed by atoms with Gasteiger partial charge in [-0.05, 0) is 46.9 Å². The molecule has 0 heterocycles. The fraction of sp³-hybridized carbons (Fsp3) is 0.647. The number of benzene rings is 1. The average molecular weight is 300 g/mol. The van der Waals surface area contributed by atoms with Crippen molar-refractivity contribution >= 4 is 12.4 Å². The SMILES string of the molecule is CC(C)(C)c1cc(C(CCN)C(C)(C)C)ccc1O.Cl. The summed E-state index contributed by atoms with van der Waals surface area (Å²) in [5.74, 6) is 0.802. The van der Waals surface area contributed by atoms with Gasteiger partial charge < -0.3 is 10.8 Å². The molecular weight excluding hydrogens is 270 g/mol. The summed E-state index contributed by atoms with van der Waals surface area (Å²) >= 11 is 0. The maximum absolute atomic E-state index is 10.1. The summed E-state index contributed by atoms with van der Waals surface area (Å²) in [7, 11) is 0. The van der Waals surface area contributed by atoms with Crippen molar-refractivity contribution in [1.29, 1.82) is 0 Å². The molecule has 1 aromatic carbocycles. The van der Waals surface area contributed by atoms with Crippen LogP contribution in [0.1, 0.15) is 65.0 Å². The van der Waals surface area contributed by atoms with Crippen molar-refractivity contribution < 1.29 is 5.11 Å². The van der Waals surface area contributed by atoms with Crippen LogP contribution in [0.3, 0.4) is 0 Å². The van der Waals surface area contributed by atoms with Crippen LogP contribution < -0.4 is 5.73 Å². The summed E-state index contributed by atoms with van der Waals surface area (Å²) in [5, 5.41) is 10.1. The van der Waals surface area contributed by atoms with Crippen molar-refractivity contribution in [3.63, 3.8) is 0 Å². The first kappa shape index (κ1) is 19.3. The second-order valence-corrected chi connectivity index (χ2v) is 7.52. The van der Waals surface area contributed by atoms with Gasteiger partial charge in [-0.3, -0.25) is 0 Å². The molecule has 1 rings (SSSR count). The average Bonchev–Trinajstić information content (AvgIpc) is 2.24. The van der Waals surface area contributed by atoms with Crippen molar-refractivity contribution in [2.45, 2.75) is 59.3 Å². The first-order chi connectivity index (χ1) is 8.57. The normalized spacial score (nSPS) is 13.8. The van der Waals surface area contributed by atoms with Gasteiger partial charge in [-0.15, -0.1) is 12.4 Å². The number of halogens is 1. The Morgan fingerprint density at radius 1 is 1.10 bits per heavy atom. The summed E-state index contributed by atoms with van der Waals surface area (Å²) in [4.78, 5) is 0. The predicted octanol–water partition coefficient (Wildman–Crippen LogP) is 4.59. The summed E-state index contributed by atoms with van der Waals surface area (Å²) in [6.07, 6.45) is 0.970. The third-order valence-corrected chi connectivity index (χ3v) is 3.73. The second-order valence-electron chi connectivity index (χ2n) is 7.52. The fourth-order valence-electron chi connectivity index (χ4n) is 2.64. The van der Waals surface area contributed by atoms with Gasteiger partial charge in [0.05, 0.1) is 0 Å². The highest BCUT2D eigenvalue weighted by Gasteiger charge is 2.27. The molecule has 2 nitrogen and oxygen atoms in total. The molecule has 0 bridgehead atoms. The van der Waals surface area contributed by atoms with Gasteiger partial charge in [0.15, 0.2) is 0 Å². The molecule has 20 heavy (non-hydrogen) atoms. The van der Waals surface area contributed by atoms with Gasteiger partial charge in [0.1, 0.15) is 5.75 Å². The number of nitrogens with two attached hydrogens (primary N) is 1. The van der Waals surface area contributed by atoms with Crippen LogP contribution in [-0.4, -0.2) is 11.7 Å². The van der Waals surface area contributed by atoms with Crippen molar-refractivity contribution in [3.8, 4) is 5.75 Å². The molecule has 0 fully saturated rings. The molecular formula is C17H30ClNO. The molecule has 1 atom stereocenters. The molecule has 0 aromatic heterocycles. The van der Waals surface area contributed by atoms with E-state index in [2.05, 4.69) is 47.6 Å². The summed E-state index contributed by atoms with van der Waals surface area (Å²) in [5.41, 5.74) is 8.18. The Balaban J connectivity index is 0.00000361. The molecule has 0 saturated heterocycles. The molecule has 0 aliphatic rings. The Morgan fingerprint density at radius 2 is 1.65 bits per heavy atom. The fourth-order valence-corrected chi connectivity index (χ4v) is 2.64. The monoisotopic (exact) mass is 299 g/mol. The van der Waals surface area contributed by atoms with Crippen molar-refractivity contribution in [1.82, 2.24) is 0 Å². The lowest BCUT2D eigenvalue weighted by molar-refractivity contribution is 0.307. The number of aromatic hydroxyl groups is 1. The Kier molecular flexibility index (Phi) is 6.57. The van der Waals surface area contributed by atoms with E-state index in [4.69, 9.17) is 5.73 Å². The topological polar surface area (TPSA) is 46.2 Å². The second kappa shape index (κ2) is 6.82. The molecule has 0 aliphatic carbocycles. The third kappa shape index (κ3) is 4.68. The maximum atomic E-state index is 10.1. The van der Waals surface area contributed by atoms with E-state index in [1.165, 1.54) is 5.56 Å². The van der Waals surface area contributed by atoms with E-state index in [-0.39, 0.29) is 23.2 Å². The first-order valence-corrected chi connectivity index (χ1v) is 7.11. The smallest absolute Gasteiger partial charge is 0.119 e. The largest absolute Gasteiger partial charge is 0.508 e. The van der Waals surface area contributed by atoms with Crippen LogP contribution >= 0.6 is 12.4 Å². The van der Waals surface area contributed by atoms with Crippen LogP contribution in [0.25, 0.3) is 0 Å². The van der Waals surface area contributed by atoms with Crippen LogP contribution in [0.15, 0.2) is 18.2 Å². The van der Waals surface area contributed by atoms with Crippen LogP contribution in [0, 0.1) is 5.41 Å². The van der Waals surface area contributed by atoms with Gasteiger partial charge in [-0.2, -0.15) is 0 Å². The molecule has 1 aromatic rings. The minimum Gasteiger partial charge on any atom is -0.508 e. The van der Waals surface area contributed by atoms with Crippen molar-refractivity contribution in [3.05, 3.63) is 29.3 Å². The number of phenolic OH excluding ortho intramolecular Hbond substituents is 1. The van der Waals surface area contributed by atoms with Crippen molar-refractivity contribution in [2.75, 3.05) is 6.54 Å². The molecule has 1 unspecified atom stereocenters. The van der Waals surface area contributed by atoms with E-state index in [0.29, 0.717) is 18.2 Å². The molecule has 0 aliphatic heterocycles. The minimum atomic E-state index is -0.0504. The molecule has 0 amide bonds. The predicted molar refractivity (Wildman–Crippen MR) is 89.9 cm³/mol. The molecule has 0 saturated carbocycles. The van der Waals surface area contributed by atoms with E-state index in [1.54, 1.807) is 0 Å². The number of phenols is 1. The Labute approximate surface area is 130 Å². The zero-order valence-corrected chi connectivity index (χ0v) is 14.5. The van der Waals surface area contributed by atoms with Gasteiger partial charge in [0, 0.05) is 0 Å². The number of rotatable bonds is 3. The van der Waals surface area contributed by atoms with Crippen LogP contribution in [0.4, 0.5) is 0 Å². The Bertz CT molecular complexity index is 430. The summed E-state index contributed by atoms with van der Waals surface area (Å²) in [6, 6.07) is 6.02. The van der Waals surface area contributed by atoms with Gasteiger partial charge in [0.2, 0.25) is 0 Å². The van der Waals surface area contributed by atoms with Crippen LogP contribution in [0.2, 0.25) is 0 Å². The maximum Gasteiger partial charge on any atom is 0.119 e. The highest BCUT2D eigenvalue weighted by molar-refractivity contribution is 5.85. The quantitative estimate of drug-likeness (QED) is 0.857. The lowest BCUT2D eigenvalue weighted by Gasteiger charge is -2.32. The summed E-state index contributed by atoms with van der Waals surface area (Å²) in [6.45, 7) is 13.8. The highest BCUT2D eigenvalue weighted by atomic mass is 35.5. The zero-order valence-electron chi connectivity index (χ0n) is 13.7. The lowest BCUT2D eigenvalue weighted by atomic mass is 9.73. The Morgan fingerprint density at radius 3 is 2.05 bits per heavy atom. The minimum absolute atomic E-state index is 0. The molecule has 0 radical (unpaired) electrons. The standard InChI is InChI=1S/C17H29NO.ClH/c1-16(2,3)13(9-10-18)12-7-8-15(19)14(11-12)17(4,5)6;/h7-8,11,13,19H,9-10,18H2,1-6H3;1H. The summed E-state index contributed by atoms with van der Waals surface area (Å²) < 4.78 is 0. The van der Waals surface area contributed by atoms with Gasteiger partial charge >= 0.3 is 0 Å². The molecule has 3 heteroatoms. The van der Waals surface area contributed by atoms with E-state index < -0.39 is 0 Å². The van der Waals surface area contributed by atoms with Crippen LogP contribution in [0.5, 0.6) is 5.75 Å². The zero-order chi connectivity index (χ0) is 14.8. The first-order valence-electron chi connectivity index (χ1n) is 7.11. The van der Waals surface area contributed by atoms with E-state index in [9.17, 15) is 5.11 Å². The number of hydrogen-bond donors (Lipinski definition) is 2. The lowest BCUT2D eigenvalue weighted by Crippen LogP contribution is -2.22.